The third kappa shape index (κ3) is 52.3. The minimum Gasteiger partial charge on any atom is -0.477 e. The molecule has 3 nitrogen and oxygen atoms in total. The first-order valence-electron chi connectivity index (χ1n) is 1.51. The van der Waals surface area contributed by atoms with Gasteiger partial charge in [0.05, 0.1) is 0 Å². The zero-order valence-corrected chi connectivity index (χ0v) is 3.85. The minimum atomic E-state index is -1.20. The maximum Gasteiger partial charge on any atom is 0.346 e. The summed E-state index contributed by atoms with van der Waals surface area (Å²) >= 11 is 0. The summed E-state index contributed by atoms with van der Waals surface area (Å²) in [5, 5.41) is 13.4. The van der Waals surface area contributed by atoms with Crippen LogP contribution in [0.5, 0.6) is 0 Å². The molecular formula is C4H7NO2. The molecule has 0 unspecified atom stereocenters. The van der Waals surface area contributed by atoms with Crippen LogP contribution >= 0.6 is 0 Å². The highest BCUT2D eigenvalue weighted by atomic mass is 16.4. The quantitative estimate of drug-likeness (QED) is 0.373. The molecule has 0 saturated carbocycles. The maximum atomic E-state index is 9.12. The fourth-order valence-electron chi connectivity index (χ4n) is 0. The Morgan fingerprint density at radius 2 is 1.86 bits per heavy atom. The van der Waals surface area contributed by atoms with Crippen molar-refractivity contribution in [2.75, 3.05) is 0 Å². The summed E-state index contributed by atoms with van der Waals surface area (Å²) < 4.78 is 0. The van der Waals surface area contributed by atoms with Gasteiger partial charge in [-0.05, 0) is 0 Å². The van der Waals surface area contributed by atoms with E-state index in [2.05, 4.69) is 13.2 Å². The number of aliphatic carboxylic acids is 1. The molecule has 0 radical (unpaired) electrons. The molecule has 40 valence electrons. The summed E-state index contributed by atoms with van der Waals surface area (Å²) in [5.74, 6) is -1.20. The van der Waals surface area contributed by atoms with Gasteiger partial charge in [0.2, 0.25) is 0 Å². The van der Waals surface area contributed by atoms with Crippen molar-refractivity contribution in [1.29, 1.82) is 5.41 Å². The van der Waals surface area contributed by atoms with Gasteiger partial charge in [-0.3, -0.25) is 0 Å². The summed E-state index contributed by atoms with van der Waals surface area (Å²) in [4.78, 5) is 9.12. The lowest BCUT2D eigenvalue weighted by Crippen LogP contribution is -1.91. The highest BCUT2D eigenvalue weighted by Gasteiger charge is 1.76. The van der Waals surface area contributed by atoms with Gasteiger partial charge in [0.15, 0.2) is 0 Å². The molecule has 7 heavy (non-hydrogen) atoms. The van der Waals surface area contributed by atoms with E-state index in [-0.39, 0.29) is 0 Å². The van der Waals surface area contributed by atoms with E-state index in [0.29, 0.717) is 6.21 Å². The van der Waals surface area contributed by atoms with Crippen molar-refractivity contribution in [1.82, 2.24) is 0 Å². The summed E-state index contributed by atoms with van der Waals surface area (Å²) in [6, 6.07) is 0. The Morgan fingerprint density at radius 3 is 1.86 bits per heavy atom. The van der Waals surface area contributed by atoms with Crippen LogP contribution in [0, 0.1) is 5.41 Å². The SMILES string of the molecule is C=C.N=CC(=O)O. The molecule has 0 rings (SSSR count). The summed E-state index contributed by atoms with van der Waals surface area (Å²) in [6.45, 7) is 6.00. The third-order valence-corrected chi connectivity index (χ3v) is 0.123. The van der Waals surface area contributed by atoms with E-state index in [1.165, 1.54) is 0 Å². The van der Waals surface area contributed by atoms with E-state index in [9.17, 15) is 0 Å². The monoisotopic (exact) mass is 101 g/mol. The highest BCUT2D eigenvalue weighted by Crippen LogP contribution is 1.40. The van der Waals surface area contributed by atoms with E-state index in [1.807, 2.05) is 0 Å². The van der Waals surface area contributed by atoms with Gasteiger partial charge in [-0.1, -0.05) is 0 Å². The smallest absolute Gasteiger partial charge is 0.346 e. The van der Waals surface area contributed by atoms with Crippen LogP contribution in [-0.4, -0.2) is 17.3 Å². The van der Waals surface area contributed by atoms with Gasteiger partial charge in [-0.15, -0.1) is 13.2 Å². The molecule has 0 saturated heterocycles. The molecule has 0 aromatic heterocycles. The molecule has 0 aromatic carbocycles. The van der Waals surface area contributed by atoms with E-state index >= 15 is 0 Å². The molecule has 0 amide bonds. The van der Waals surface area contributed by atoms with E-state index in [0.717, 1.165) is 0 Å². The Kier molecular flexibility index (Phi) is 11.8. The first-order valence-corrected chi connectivity index (χ1v) is 1.51. The van der Waals surface area contributed by atoms with E-state index < -0.39 is 5.97 Å². The number of carboxylic acid groups (broad SMARTS) is 1. The molecule has 0 spiro atoms. The molecule has 3 heteroatoms. The van der Waals surface area contributed by atoms with Crippen LogP contribution in [0.1, 0.15) is 0 Å². The lowest BCUT2D eigenvalue weighted by Gasteiger charge is -1.63. The number of nitrogens with one attached hydrogen (secondary N) is 1. The van der Waals surface area contributed by atoms with Gasteiger partial charge < -0.3 is 10.5 Å². The van der Waals surface area contributed by atoms with Crippen LogP contribution in [0.2, 0.25) is 0 Å². The number of hydrogen-bond donors (Lipinski definition) is 2. The predicted octanol–water partition coefficient (Wildman–Crippen LogP) is 0.523. The molecule has 0 aliphatic carbocycles. The van der Waals surface area contributed by atoms with Gasteiger partial charge in [0, 0.05) is 0 Å². The number of rotatable bonds is 1. The average molecular weight is 101 g/mol. The first-order chi connectivity index (χ1) is 3.27. The van der Waals surface area contributed by atoms with Crippen LogP contribution in [0.15, 0.2) is 13.2 Å². The van der Waals surface area contributed by atoms with Crippen LogP contribution in [0.3, 0.4) is 0 Å². The first kappa shape index (κ1) is 9.30. The molecule has 2 N–H and O–H groups in total. The topological polar surface area (TPSA) is 61.2 Å². The van der Waals surface area contributed by atoms with Crippen molar-refractivity contribution in [3.05, 3.63) is 13.2 Å². The summed E-state index contributed by atoms with van der Waals surface area (Å²) in [6.07, 6.45) is 0.333. The van der Waals surface area contributed by atoms with E-state index in [1.54, 1.807) is 0 Å². The number of carboxylic acids is 1. The molecule has 0 aliphatic rings. The Hall–Kier alpha value is -1.12. The van der Waals surface area contributed by atoms with Gasteiger partial charge in [-0.25, -0.2) is 4.79 Å². The second-order valence-electron chi connectivity index (χ2n) is 0.483. The van der Waals surface area contributed by atoms with E-state index in [4.69, 9.17) is 15.3 Å². The molecule has 0 aromatic rings. The largest absolute Gasteiger partial charge is 0.477 e. The third-order valence-electron chi connectivity index (χ3n) is 0.123. The van der Waals surface area contributed by atoms with Crippen LogP contribution in [-0.2, 0) is 4.79 Å². The maximum absolute atomic E-state index is 9.12. The second-order valence-corrected chi connectivity index (χ2v) is 0.483. The van der Waals surface area contributed by atoms with Crippen LogP contribution in [0.4, 0.5) is 0 Å². The normalized spacial score (nSPS) is 5.14. The van der Waals surface area contributed by atoms with Crippen molar-refractivity contribution in [3.63, 3.8) is 0 Å². The summed E-state index contributed by atoms with van der Waals surface area (Å²) in [7, 11) is 0. The standard InChI is InChI=1S/C2H3NO2.C2H4/c3-1-2(4)5;1-2/h1,3H,(H,4,5);1-2H2. The molecular weight excluding hydrogens is 94.0 g/mol. The number of carbonyl (C=O) groups is 1. The van der Waals surface area contributed by atoms with Gasteiger partial charge in [0.1, 0.15) is 6.21 Å². The number of hydrogen-bond acceptors (Lipinski definition) is 2. The predicted molar refractivity (Wildman–Crippen MR) is 27.7 cm³/mol. The molecule has 0 aliphatic heterocycles. The van der Waals surface area contributed by atoms with Crippen molar-refractivity contribution < 1.29 is 9.90 Å². The fraction of sp³-hybridized carbons (Fsp3) is 0. The molecule has 0 fully saturated rings. The molecule has 0 heterocycles. The Morgan fingerprint density at radius 1 is 1.71 bits per heavy atom. The van der Waals surface area contributed by atoms with Crippen LogP contribution in [0.25, 0.3) is 0 Å². The highest BCUT2D eigenvalue weighted by molar-refractivity contribution is 6.20. The van der Waals surface area contributed by atoms with Gasteiger partial charge >= 0.3 is 5.97 Å². The zero-order chi connectivity index (χ0) is 6.28. The Bertz CT molecular complexity index is 70.1. The average Bonchev–Trinajstić information content (AvgIpc) is 1.73. The van der Waals surface area contributed by atoms with Crippen molar-refractivity contribution >= 4 is 12.2 Å². The lowest BCUT2D eigenvalue weighted by atomic mass is 10.8. The second kappa shape index (κ2) is 8.86. The molecule has 0 bridgehead atoms. The molecule has 0 atom stereocenters. The Labute approximate surface area is 41.8 Å². The lowest BCUT2D eigenvalue weighted by molar-refractivity contribution is -0.128. The fourth-order valence-corrected chi connectivity index (χ4v) is 0. The van der Waals surface area contributed by atoms with Crippen molar-refractivity contribution in [3.8, 4) is 0 Å². The zero-order valence-electron chi connectivity index (χ0n) is 3.85. The van der Waals surface area contributed by atoms with Crippen molar-refractivity contribution in [2.45, 2.75) is 0 Å². The van der Waals surface area contributed by atoms with Crippen molar-refractivity contribution in [2.24, 2.45) is 0 Å². The summed E-state index contributed by atoms with van der Waals surface area (Å²) in [5.41, 5.74) is 0. The van der Waals surface area contributed by atoms with Gasteiger partial charge in [0.25, 0.3) is 0 Å². The van der Waals surface area contributed by atoms with Crippen LogP contribution < -0.4 is 0 Å². The Balaban J connectivity index is 0. The minimum absolute atomic E-state index is 0.333. The van der Waals surface area contributed by atoms with Gasteiger partial charge in [-0.2, -0.15) is 0 Å².